The van der Waals surface area contributed by atoms with Crippen LogP contribution in [0.25, 0.3) is 0 Å². The predicted octanol–water partition coefficient (Wildman–Crippen LogP) is 3.07. The molecule has 0 aliphatic rings. The molecule has 20 heavy (non-hydrogen) atoms. The summed E-state index contributed by atoms with van der Waals surface area (Å²) in [4.78, 5) is 11.7. The molecule has 0 fully saturated rings. The van der Waals surface area contributed by atoms with E-state index in [0.29, 0.717) is 12.5 Å². The third-order valence-corrected chi connectivity index (χ3v) is 3.54. The van der Waals surface area contributed by atoms with Crippen molar-refractivity contribution in [1.82, 2.24) is 10.6 Å². The summed E-state index contributed by atoms with van der Waals surface area (Å²) < 4.78 is 0. The van der Waals surface area contributed by atoms with Crippen LogP contribution in [0.3, 0.4) is 0 Å². The first-order chi connectivity index (χ1) is 9.63. The zero-order valence-electron chi connectivity index (χ0n) is 13.0. The van der Waals surface area contributed by atoms with E-state index >= 15 is 0 Å². The van der Waals surface area contributed by atoms with Gasteiger partial charge in [-0.25, -0.2) is 0 Å². The van der Waals surface area contributed by atoms with Crippen LogP contribution in [0.1, 0.15) is 51.5 Å². The van der Waals surface area contributed by atoms with E-state index in [1.54, 1.807) is 0 Å². The van der Waals surface area contributed by atoms with E-state index in [1.807, 2.05) is 6.07 Å². The number of benzene rings is 1. The Kier molecular flexibility index (Phi) is 7.97. The molecule has 0 heterocycles. The molecule has 3 heteroatoms. The third kappa shape index (κ3) is 6.71. The Morgan fingerprint density at radius 1 is 1.15 bits per heavy atom. The van der Waals surface area contributed by atoms with Crippen molar-refractivity contribution in [3.05, 3.63) is 35.9 Å². The second-order valence-electron chi connectivity index (χ2n) is 5.53. The Hall–Kier alpha value is -1.35. The van der Waals surface area contributed by atoms with Gasteiger partial charge in [0.05, 0.1) is 6.54 Å². The van der Waals surface area contributed by atoms with Crippen LogP contribution in [0, 0.1) is 0 Å². The van der Waals surface area contributed by atoms with E-state index in [9.17, 15) is 4.79 Å². The fourth-order valence-corrected chi connectivity index (χ4v) is 2.30. The molecule has 2 atom stereocenters. The minimum absolute atomic E-state index is 0.0957. The average molecular weight is 276 g/mol. The van der Waals surface area contributed by atoms with E-state index in [2.05, 4.69) is 55.7 Å². The zero-order valence-corrected chi connectivity index (χ0v) is 13.0. The Morgan fingerprint density at radius 3 is 2.50 bits per heavy atom. The van der Waals surface area contributed by atoms with Crippen LogP contribution in [0.4, 0.5) is 0 Å². The number of nitrogens with one attached hydrogen (secondary N) is 2. The number of rotatable bonds is 9. The highest BCUT2D eigenvalue weighted by Crippen LogP contribution is 2.17. The molecule has 2 unspecified atom stereocenters. The first kappa shape index (κ1) is 16.7. The van der Waals surface area contributed by atoms with Crippen LogP contribution in [-0.2, 0) is 4.79 Å². The molecule has 1 rings (SSSR count). The number of carbonyl (C=O) groups excluding carboxylic acids is 1. The Bertz CT molecular complexity index is 378. The summed E-state index contributed by atoms with van der Waals surface area (Å²) in [7, 11) is 0. The lowest BCUT2D eigenvalue weighted by Crippen LogP contribution is -2.39. The number of hydrogen-bond donors (Lipinski definition) is 2. The highest BCUT2D eigenvalue weighted by molar-refractivity contribution is 5.78. The van der Waals surface area contributed by atoms with Gasteiger partial charge in [0, 0.05) is 6.04 Å². The highest BCUT2D eigenvalue weighted by atomic mass is 16.1. The van der Waals surface area contributed by atoms with Crippen molar-refractivity contribution in [2.24, 2.45) is 0 Å². The molecule has 0 aromatic heterocycles. The predicted molar refractivity (Wildman–Crippen MR) is 84.9 cm³/mol. The van der Waals surface area contributed by atoms with Gasteiger partial charge in [0.1, 0.15) is 0 Å². The lowest BCUT2D eigenvalue weighted by atomic mass is 9.98. The first-order valence-electron chi connectivity index (χ1n) is 7.68. The molecule has 0 bridgehead atoms. The largest absolute Gasteiger partial charge is 0.353 e. The quantitative estimate of drug-likeness (QED) is 0.681. The average Bonchev–Trinajstić information content (AvgIpc) is 2.44. The third-order valence-electron chi connectivity index (χ3n) is 3.54. The lowest BCUT2D eigenvalue weighted by molar-refractivity contribution is -0.120. The van der Waals surface area contributed by atoms with Gasteiger partial charge in [0.2, 0.25) is 5.91 Å². The van der Waals surface area contributed by atoms with Gasteiger partial charge in [-0.15, -0.1) is 0 Å². The maximum absolute atomic E-state index is 11.7. The second kappa shape index (κ2) is 9.54. The van der Waals surface area contributed by atoms with Crippen molar-refractivity contribution >= 4 is 5.91 Å². The summed E-state index contributed by atoms with van der Waals surface area (Å²) >= 11 is 0. The van der Waals surface area contributed by atoms with Crippen molar-refractivity contribution in [1.29, 1.82) is 0 Å². The smallest absolute Gasteiger partial charge is 0.234 e. The molecule has 0 spiro atoms. The summed E-state index contributed by atoms with van der Waals surface area (Å²) in [5.41, 5.74) is 1.36. The van der Waals surface area contributed by atoms with Crippen LogP contribution in [0.2, 0.25) is 0 Å². The SMILES string of the molecule is CCCC(C)NC(=O)CNCCC(C)c1ccccc1. The van der Waals surface area contributed by atoms with Gasteiger partial charge in [0.25, 0.3) is 0 Å². The summed E-state index contributed by atoms with van der Waals surface area (Å²) in [6.45, 7) is 7.69. The maximum atomic E-state index is 11.7. The topological polar surface area (TPSA) is 41.1 Å². The monoisotopic (exact) mass is 276 g/mol. The van der Waals surface area contributed by atoms with E-state index in [4.69, 9.17) is 0 Å². The first-order valence-corrected chi connectivity index (χ1v) is 7.68. The summed E-state index contributed by atoms with van der Waals surface area (Å²) in [6, 6.07) is 10.8. The van der Waals surface area contributed by atoms with E-state index < -0.39 is 0 Å². The van der Waals surface area contributed by atoms with Gasteiger partial charge in [0.15, 0.2) is 0 Å². The van der Waals surface area contributed by atoms with Gasteiger partial charge in [-0.3, -0.25) is 4.79 Å². The van der Waals surface area contributed by atoms with E-state index in [-0.39, 0.29) is 11.9 Å². The van der Waals surface area contributed by atoms with Crippen molar-refractivity contribution in [3.63, 3.8) is 0 Å². The molecule has 1 aromatic rings. The fraction of sp³-hybridized carbons (Fsp3) is 0.588. The summed E-state index contributed by atoms with van der Waals surface area (Å²) in [5, 5.41) is 6.22. The minimum Gasteiger partial charge on any atom is -0.353 e. The molecule has 0 aliphatic carbocycles. The van der Waals surface area contributed by atoms with Crippen molar-refractivity contribution in [2.45, 2.75) is 52.0 Å². The number of hydrogen-bond acceptors (Lipinski definition) is 2. The van der Waals surface area contributed by atoms with Crippen LogP contribution < -0.4 is 10.6 Å². The van der Waals surface area contributed by atoms with Crippen LogP contribution in [0.5, 0.6) is 0 Å². The van der Waals surface area contributed by atoms with Gasteiger partial charge < -0.3 is 10.6 Å². The molecule has 2 N–H and O–H groups in total. The molecule has 0 saturated heterocycles. The maximum Gasteiger partial charge on any atom is 0.234 e. The molecule has 1 aromatic carbocycles. The molecule has 3 nitrogen and oxygen atoms in total. The highest BCUT2D eigenvalue weighted by Gasteiger charge is 2.07. The molecule has 0 saturated carbocycles. The van der Waals surface area contributed by atoms with E-state index in [0.717, 1.165) is 25.8 Å². The molecule has 1 amide bonds. The van der Waals surface area contributed by atoms with Gasteiger partial charge in [-0.2, -0.15) is 0 Å². The number of carbonyl (C=O) groups is 1. The normalized spacial score (nSPS) is 13.8. The van der Waals surface area contributed by atoms with Crippen molar-refractivity contribution < 1.29 is 4.79 Å². The standard InChI is InChI=1S/C17H28N2O/c1-4-8-15(3)19-17(20)13-18-12-11-14(2)16-9-6-5-7-10-16/h5-7,9-10,14-15,18H,4,8,11-13H2,1-3H3,(H,19,20). The Balaban J connectivity index is 2.14. The minimum atomic E-state index is 0.0957. The molecular formula is C17H28N2O. The molecular weight excluding hydrogens is 248 g/mol. The van der Waals surface area contributed by atoms with Gasteiger partial charge in [-0.1, -0.05) is 50.6 Å². The van der Waals surface area contributed by atoms with Crippen LogP contribution in [-0.4, -0.2) is 25.0 Å². The number of amides is 1. The van der Waals surface area contributed by atoms with Gasteiger partial charge >= 0.3 is 0 Å². The molecule has 112 valence electrons. The summed E-state index contributed by atoms with van der Waals surface area (Å²) in [5.74, 6) is 0.615. The fourth-order valence-electron chi connectivity index (χ4n) is 2.30. The van der Waals surface area contributed by atoms with E-state index in [1.165, 1.54) is 5.56 Å². The van der Waals surface area contributed by atoms with Crippen LogP contribution in [0.15, 0.2) is 30.3 Å². The Morgan fingerprint density at radius 2 is 1.85 bits per heavy atom. The van der Waals surface area contributed by atoms with Crippen molar-refractivity contribution in [2.75, 3.05) is 13.1 Å². The Labute approximate surface area is 123 Å². The summed E-state index contributed by atoms with van der Waals surface area (Å²) in [6.07, 6.45) is 3.18. The zero-order chi connectivity index (χ0) is 14.8. The second-order valence-corrected chi connectivity index (χ2v) is 5.53. The lowest BCUT2D eigenvalue weighted by Gasteiger charge is -2.14. The molecule has 0 aliphatic heterocycles. The van der Waals surface area contributed by atoms with Crippen molar-refractivity contribution in [3.8, 4) is 0 Å². The van der Waals surface area contributed by atoms with Crippen LogP contribution >= 0.6 is 0 Å². The van der Waals surface area contributed by atoms with Gasteiger partial charge in [-0.05, 0) is 37.8 Å². The molecule has 0 radical (unpaired) electrons.